The molecule has 0 unspecified atom stereocenters. The fraction of sp³-hybridized carbons (Fsp3) is 0.250. The van der Waals surface area contributed by atoms with Gasteiger partial charge in [0.1, 0.15) is 0 Å². The molecule has 0 spiro atoms. The molecule has 0 aliphatic rings. The van der Waals surface area contributed by atoms with Crippen molar-refractivity contribution in [2.75, 3.05) is 5.73 Å². The van der Waals surface area contributed by atoms with Gasteiger partial charge in [-0.1, -0.05) is 0 Å². The van der Waals surface area contributed by atoms with Crippen molar-refractivity contribution in [2.24, 2.45) is 7.05 Å². The molecule has 0 aliphatic heterocycles. The summed E-state index contributed by atoms with van der Waals surface area (Å²) in [6, 6.07) is 0. The van der Waals surface area contributed by atoms with Crippen LogP contribution >= 0.6 is 11.3 Å². The van der Waals surface area contributed by atoms with E-state index < -0.39 is 11.9 Å². The number of hydrogen-bond acceptors (Lipinski definition) is 4. The molecule has 0 atom stereocenters. The van der Waals surface area contributed by atoms with Crippen LogP contribution in [-0.4, -0.2) is 14.8 Å². The zero-order valence-corrected chi connectivity index (χ0v) is 8.93. The predicted octanol–water partition coefficient (Wildman–Crippen LogP) is 2.14. The Hall–Kier alpha value is -1.57. The van der Waals surface area contributed by atoms with Crippen molar-refractivity contribution in [3.63, 3.8) is 0 Å². The van der Waals surface area contributed by atoms with E-state index in [1.807, 2.05) is 0 Å². The van der Waals surface area contributed by atoms with Gasteiger partial charge < -0.3 is 5.73 Å². The van der Waals surface area contributed by atoms with Gasteiger partial charge in [-0.05, 0) is 0 Å². The molecule has 2 aromatic heterocycles. The fourth-order valence-corrected chi connectivity index (χ4v) is 1.86. The van der Waals surface area contributed by atoms with E-state index in [0.29, 0.717) is 0 Å². The zero-order valence-electron chi connectivity index (χ0n) is 8.12. The van der Waals surface area contributed by atoms with Gasteiger partial charge in [0.05, 0.1) is 11.3 Å². The lowest BCUT2D eigenvalue weighted by Gasteiger charge is -2.03. The number of nitrogen functional groups attached to an aromatic ring is 1. The Labute approximate surface area is 92.5 Å². The number of aryl methyl sites for hydroxylation is 1. The molecule has 86 valence electrons. The van der Waals surface area contributed by atoms with Crippen molar-refractivity contribution in [1.29, 1.82) is 0 Å². The number of halogens is 3. The Bertz CT molecular complexity index is 514. The van der Waals surface area contributed by atoms with Crippen molar-refractivity contribution in [1.82, 2.24) is 14.8 Å². The van der Waals surface area contributed by atoms with Gasteiger partial charge in [-0.15, -0.1) is 11.3 Å². The zero-order chi connectivity index (χ0) is 11.9. The number of aromatic nitrogens is 3. The fourth-order valence-electron chi connectivity index (χ4n) is 1.30. The molecule has 0 radical (unpaired) electrons. The maximum Gasteiger partial charge on any atom is 0.435 e. The normalized spacial score (nSPS) is 12.0. The molecule has 2 N–H and O–H groups in total. The number of nitrogens with zero attached hydrogens (tertiary/aromatic N) is 3. The summed E-state index contributed by atoms with van der Waals surface area (Å²) in [4.78, 5) is 3.81. The van der Waals surface area contributed by atoms with E-state index in [2.05, 4.69) is 10.1 Å². The number of rotatable bonds is 1. The van der Waals surface area contributed by atoms with Gasteiger partial charge >= 0.3 is 6.18 Å². The van der Waals surface area contributed by atoms with Crippen LogP contribution in [0.25, 0.3) is 11.3 Å². The molecular weight excluding hydrogens is 241 g/mol. The smallest absolute Gasteiger partial charge is 0.375 e. The second kappa shape index (κ2) is 3.48. The van der Waals surface area contributed by atoms with E-state index in [-0.39, 0.29) is 16.4 Å². The van der Waals surface area contributed by atoms with Crippen LogP contribution in [0.15, 0.2) is 11.6 Å². The lowest BCUT2D eigenvalue weighted by Crippen LogP contribution is -2.08. The first-order chi connectivity index (χ1) is 7.38. The van der Waals surface area contributed by atoms with E-state index in [4.69, 9.17) is 5.73 Å². The second-order valence-corrected chi connectivity index (χ2v) is 4.02. The standard InChI is InChI=1S/C8H7F3N4S/c1-15-2-4(5-3-16-7(12)13-5)6(14-15)8(9,10)11/h2-3H,1H3,(H2,12,13). The van der Waals surface area contributed by atoms with Gasteiger partial charge in [-0.25, -0.2) is 4.98 Å². The third-order valence-corrected chi connectivity index (χ3v) is 2.57. The molecule has 0 amide bonds. The maximum absolute atomic E-state index is 12.6. The van der Waals surface area contributed by atoms with Crippen molar-refractivity contribution >= 4 is 16.5 Å². The quantitative estimate of drug-likeness (QED) is 0.841. The third kappa shape index (κ3) is 1.87. The Morgan fingerprint density at radius 3 is 2.62 bits per heavy atom. The van der Waals surface area contributed by atoms with Crippen molar-refractivity contribution in [3.8, 4) is 11.3 Å². The van der Waals surface area contributed by atoms with Crippen molar-refractivity contribution in [2.45, 2.75) is 6.18 Å². The summed E-state index contributed by atoms with van der Waals surface area (Å²) in [5.41, 5.74) is 4.58. The van der Waals surface area contributed by atoms with Gasteiger partial charge in [-0.3, -0.25) is 4.68 Å². The summed E-state index contributed by atoms with van der Waals surface area (Å²) >= 11 is 1.09. The average Bonchev–Trinajstić information content (AvgIpc) is 2.70. The van der Waals surface area contributed by atoms with E-state index in [1.54, 1.807) is 0 Å². The highest BCUT2D eigenvalue weighted by molar-refractivity contribution is 7.13. The molecule has 0 aliphatic carbocycles. The van der Waals surface area contributed by atoms with Crippen LogP contribution in [-0.2, 0) is 13.2 Å². The molecule has 0 bridgehead atoms. The Kier molecular flexibility index (Phi) is 2.38. The van der Waals surface area contributed by atoms with Gasteiger partial charge in [0.15, 0.2) is 10.8 Å². The van der Waals surface area contributed by atoms with Gasteiger partial charge in [0.25, 0.3) is 0 Å². The summed E-state index contributed by atoms with van der Waals surface area (Å²) in [6.07, 6.45) is -3.22. The van der Waals surface area contributed by atoms with Gasteiger partial charge in [-0.2, -0.15) is 18.3 Å². The van der Waals surface area contributed by atoms with Crippen LogP contribution in [0.3, 0.4) is 0 Å². The van der Waals surface area contributed by atoms with Crippen LogP contribution < -0.4 is 5.73 Å². The molecule has 2 aromatic rings. The van der Waals surface area contributed by atoms with Crippen LogP contribution in [0.4, 0.5) is 18.3 Å². The maximum atomic E-state index is 12.6. The molecule has 4 nitrogen and oxygen atoms in total. The monoisotopic (exact) mass is 248 g/mol. The lowest BCUT2D eigenvalue weighted by atomic mass is 10.2. The molecular formula is C8H7F3N4S. The number of thiazole rings is 1. The third-order valence-electron chi connectivity index (χ3n) is 1.90. The molecule has 0 aromatic carbocycles. The molecule has 16 heavy (non-hydrogen) atoms. The SMILES string of the molecule is Cn1cc(-c2csc(N)n2)c(C(F)(F)F)n1. The van der Waals surface area contributed by atoms with Crippen LogP contribution in [0, 0.1) is 0 Å². The molecule has 2 heterocycles. The van der Waals surface area contributed by atoms with Gasteiger partial charge in [0, 0.05) is 18.6 Å². The minimum absolute atomic E-state index is 0.0528. The molecule has 2 rings (SSSR count). The first-order valence-corrected chi connectivity index (χ1v) is 5.08. The Balaban J connectivity index is 2.57. The van der Waals surface area contributed by atoms with E-state index in [9.17, 15) is 13.2 Å². The summed E-state index contributed by atoms with van der Waals surface area (Å²) in [7, 11) is 1.43. The molecule has 0 saturated heterocycles. The minimum Gasteiger partial charge on any atom is -0.375 e. The predicted molar refractivity (Wildman–Crippen MR) is 53.7 cm³/mol. The molecule has 0 fully saturated rings. The first-order valence-electron chi connectivity index (χ1n) is 4.20. The number of anilines is 1. The summed E-state index contributed by atoms with van der Waals surface area (Å²) in [5.74, 6) is 0. The number of nitrogens with two attached hydrogens (primary N) is 1. The topological polar surface area (TPSA) is 56.7 Å². The Morgan fingerprint density at radius 1 is 1.44 bits per heavy atom. The molecule has 0 saturated carbocycles. The average molecular weight is 248 g/mol. The highest BCUT2D eigenvalue weighted by Crippen LogP contribution is 2.36. The van der Waals surface area contributed by atoms with Crippen LogP contribution in [0.2, 0.25) is 0 Å². The van der Waals surface area contributed by atoms with Gasteiger partial charge in [0.2, 0.25) is 0 Å². The Morgan fingerprint density at radius 2 is 2.12 bits per heavy atom. The lowest BCUT2D eigenvalue weighted by molar-refractivity contribution is -0.141. The largest absolute Gasteiger partial charge is 0.435 e. The van der Waals surface area contributed by atoms with E-state index in [0.717, 1.165) is 16.0 Å². The highest BCUT2D eigenvalue weighted by Gasteiger charge is 2.37. The number of hydrogen-bond donors (Lipinski definition) is 1. The first kappa shape index (κ1) is 10.9. The highest BCUT2D eigenvalue weighted by atomic mass is 32.1. The van der Waals surface area contributed by atoms with Crippen LogP contribution in [0.5, 0.6) is 0 Å². The van der Waals surface area contributed by atoms with Crippen molar-refractivity contribution in [3.05, 3.63) is 17.3 Å². The number of alkyl halides is 3. The summed E-state index contributed by atoms with van der Waals surface area (Å²) in [6.45, 7) is 0. The van der Waals surface area contributed by atoms with Crippen molar-refractivity contribution < 1.29 is 13.2 Å². The van der Waals surface area contributed by atoms with E-state index in [1.165, 1.54) is 18.6 Å². The van der Waals surface area contributed by atoms with Crippen LogP contribution in [0.1, 0.15) is 5.69 Å². The minimum atomic E-state index is -4.49. The molecule has 8 heteroatoms. The van der Waals surface area contributed by atoms with E-state index >= 15 is 0 Å². The summed E-state index contributed by atoms with van der Waals surface area (Å²) in [5, 5.41) is 5.09. The second-order valence-electron chi connectivity index (χ2n) is 3.13. The summed E-state index contributed by atoms with van der Waals surface area (Å²) < 4.78 is 39.0.